The van der Waals surface area contributed by atoms with Crippen LogP contribution in [0.5, 0.6) is 5.75 Å². The molecule has 31 heavy (non-hydrogen) atoms. The highest BCUT2D eigenvalue weighted by Gasteiger charge is 2.11. The molecule has 6 nitrogen and oxygen atoms in total. The molecule has 0 amide bonds. The van der Waals surface area contributed by atoms with Crippen LogP contribution in [-0.2, 0) is 22.9 Å². The number of ether oxygens (including phenoxy) is 1. The molecule has 0 aromatic heterocycles. The Morgan fingerprint density at radius 1 is 1.13 bits per heavy atom. The summed E-state index contributed by atoms with van der Waals surface area (Å²) in [5.74, 6) is 2.03. The van der Waals surface area contributed by atoms with Gasteiger partial charge in [0, 0.05) is 24.9 Å². The van der Waals surface area contributed by atoms with Crippen LogP contribution >= 0.6 is 24.0 Å². The van der Waals surface area contributed by atoms with Crippen molar-refractivity contribution in [2.45, 2.75) is 45.7 Å². The highest BCUT2D eigenvalue weighted by Crippen LogP contribution is 2.19. The average Bonchev–Trinajstić information content (AvgIpc) is 2.68. The Bertz CT molecular complexity index is 976. The zero-order valence-corrected chi connectivity index (χ0v) is 22.1. The smallest absolute Gasteiger partial charge is 0.191 e. The third-order valence-electron chi connectivity index (χ3n) is 4.39. The van der Waals surface area contributed by atoms with Gasteiger partial charge in [-0.2, -0.15) is 0 Å². The third-order valence-corrected chi connectivity index (χ3v) is 5.65. The van der Waals surface area contributed by atoms with Gasteiger partial charge in [-0.1, -0.05) is 44.2 Å². The van der Waals surface area contributed by atoms with Crippen LogP contribution in [0, 0.1) is 12.8 Å². The number of nitrogens with one attached hydrogen (secondary N) is 2. The normalized spacial score (nSPS) is 11.7. The number of aliphatic imine (C=N–C) groups is 1. The first-order chi connectivity index (χ1) is 14.2. The summed E-state index contributed by atoms with van der Waals surface area (Å²) in [6.45, 7) is 10.5. The fourth-order valence-electron chi connectivity index (χ4n) is 2.96. The lowest BCUT2D eigenvalue weighted by Crippen LogP contribution is -2.36. The molecule has 0 bridgehead atoms. The van der Waals surface area contributed by atoms with Crippen molar-refractivity contribution in [2.75, 3.05) is 19.4 Å². The number of para-hydroxylation sites is 1. The van der Waals surface area contributed by atoms with Crippen LogP contribution in [0.1, 0.15) is 37.5 Å². The van der Waals surface area contributed by atoms with Gasteiger partial charge in [0.15, 0.2) is 15.8 Å². The minimum Gasteiger partial charge on any atom is -0.493 e. The Balaban J connectivity index is 0.00000480. The van der Waals surface area contributed by atoms with E-state index < -0.39 is 9.84 Å². The summed E-state index contributed by atoms with van der Waals surface area (Å²) in [5.41, 5.74) is 2.76. The molecule has 2 aromatic carbocycles. The lowest BCUT2D eigenvalue weighted by molar-refractivity contribution is 0.268. The van der Waals surface area contributed by atoms with E-state index in [0.29, 0.717) is 36.5 Å². The van der Waals surface area contributed by atoms with Crippen LogP contribution in [0.4, 0.5) is 0 Å². The maximum atomic E-state index is 11.8. The number of sulfone groups is 1. The van der Waals surface area contributed by atoms with E-state index in [-0.39, 0.29) is 24.0 Å². The zero-order chi connectivity index (χ0) is 22.1. The van der Waals surface area contributed by atoms with Crippen LogP contribution in [0.2, 0.25) is 0 Å². The molecular weight excluding hydrogens is 525 g/mol. The van der Waals surface area contributed by atoms with Crippen molar-refractivity contribution in [3.05, 3.63) is 59.2 Å². The van der Waals surface area contributed by atoms with E-state index >= 15 is 0 Å². The molecule has 2 rings (SSSR count). The van der Waals surface area contributed by atoms with E-state index in [1.807, 2.05) is 43.3 Å². The Morgan fingerprint density at radius 2 is 1.84 bits per heavy atom. The summed E-state index contributed by atoms with van der Waals surface area (Å²) in [5, 5.41) is 6.59. The predicted octanol–water partition coefficient (Wildman–Crippen LogP) is 4.31. The molecule has 0 saturated heterocycles. The lowest BCUT2D eigenvalue weighted by Gasteiger charge is -2.15. The number of halogens is 1. The van der Waals surface area contributed by atoms with Gasteiger partial charge in [0.05, 0.1) is 18.0 Å². The van der Waals surface area contributed by atoms with E-state index in [0.717, 1.165) is 29.0 Å². The van der Waals surface area contributed by atoms with Crippen molar-refractivity contribution < 1.29 is 13.2 Å². The molecule has 0 aliphatic carbocycles. The third kappa shape index (κ3) is 9.06. The topological polar surface area (TPSA) is 79.8 Å². The predicted molar refractivity (Wildman–Crippen MR) is 138 cm³/mol. The molecule has 0 fully saturated rings. The molecule has 0 aliphatic heterocycles. The maximum absolute atomic E-state index is 11.8. The molecule has 0 aliphatic rings. The van der Waals surface area contributed by atoms with Crippen LogP contribution in [0.3, 0.4) is 0 Å². The van der Waals surface area contributed by atoms with E-state index in [2.05, 4.69) is 29.5 Å². The summed E-state index contributed by atoms with van der Waals surface area (Å²) in [6.07, 6.45) is 1.23. The number of rotatable bonds is 9. The lowest BCUT2D eigenvalue weighted by atomic mass is 10.1. The standard InChI is InChI=1S/C23H33N3O3S.HI/c1-6-24-23(25-14-19-11-12-22(18(4)13-19)30(5,27)28)26-15-20-9-7-8-10-21(20)29-16-17(2)3;/h7-13,17H,6,14-16H2,1-5H3,(H2,24,25,26);1H. The molecule has 2 aromatic rings. The largest absolute Gasteiger partial charge is 0.493 e. The number of hydrogen-bond acceptors (Lipinski definition) is 4. The monoisotopic (exact) mass is 559 g/mol. The summed E-state index contributed by atoms with van der Waals surface area (Å²) in [6, 6.07) is 13.3. The first-order valence-electron chi connectivity index (χ1n) is 10.2. The number of aryl methyl sites for hydroxylation is 1. The second kappa shape index (κ2) is 12.9. The highest BCUT2D eigenvalue weighted by molar-refractivity contribution is 14.0. The van der Waals surface area contributed by atoms with Crippen molar-refractivity contribution in [3.63, 3.8) is 0 Å². The van der Waals surface area contributed by atoms with E-state index in [4.69, 9.17) is 4.74 Å². The van der Waals surface area contributed by atoms with Gasteiger partial charge in [0.2, 0.25) is 0 Å². The number of benzene rings is 2. The second-order valence-electron chi connectivity index (χ2n) is 7.73. The van der Waals surface area contributed by atoms with Crippen molar-refractivity contribution in [1.29, 1.82) is 0 Å². The van der Waals surface area contributed by atoms with Crippen molar-refractivity contribution in [2.24, 2.45) is 10.9 Å². The molecule has 0 unspecified atom stereocenters. The molecular formula is C23H34IN3O3S. The highest BCUT2D eigenvalue weighted by atomic mass is 127. The Morgan fingerprint density at radius 3 is 2.45 bits per heavy atom. The molecule has 0 spiro atoms. The van der Waals surface area contributed by atoms with E-state index in [9.17, 15) is 8.42 Å². The zero-order valence-electron chi connectivity index (χ0n) is 18.9. The van der Waals surface area contributed by atoms with Gasteiger partial charge < -0.3 is 15.4 Å². The second-order valence-corrected chi connectivity index (χ2v) is 9.72. The Labute approximate surface area is 203 Å². The van der Waals surface area contributed by atoms with Gasteiger partial charge in [-0.05, 0) is 43.0 Å². The van der Waals surface area contributed by atoms with Gasteiger partial charge >= 0.3 is 0 Å². The minimum atomic E-state index is -3.22. The number of hydrogen-bond donors (Lipinski definition) is 2. The summed E-state index contributed by atoms with van der Waals surface area (Å²) in [4.78, 5) is 5.00. The number of nitrogens with zero attached hydrogens (tertiary/aromatic N) is 1. The van der Waals surface area contributed by atoms with Gasteiger partial charge in [-0.3, -0.25) is 0 Å². The quantitative estimate of drug-likeness (QED) is 0.272. The molecule has 0 atom stereocenters. The van der Waals surface area contributed by atoms with Gasteiger partial charge in [-0.15, -0.1) is 24.0 Å². The van der Waals surface area contributed by atoms with Gasteiger partial charge in [0.1, 0.15) is 5.75 Å². The molecule has 8 heteroatoms. The van der Waals surface area contributed by atoms with Crippen molar-refractivity contribution >= 4 is 39.8 Å². The van der Waals surface area contributed by atoms with Crippen LogP contribution in [0.25, 0.3) is 0 Å². The molecule has 2 N–H and O–H groups in total. The molecule has 0 saturated carbocycles. The average molecular weight is 560 g/mol. The maximum Gasteiger partial charge on any atom is 0.191 e. The van der Waals surface area contributed by atoms with Gasteiger partial charge in [0.25, 0.3) is 0 Å². The summed E-state index contributed by atoms with van der Waals surface area (Å²) in [7, 11) is -3.22. The van der Waals surface area contributed by atoms with Crippen LogP contribution < -0.4 is 15.4 Å². The molecule has 0 radical (unpaired) electrons. The van der Waals surface area contributed by atoms with Crippen LogP contribution in [0.15, 0.2) is 52.4 Å². The SMILES string of the molecule is CCNC(=NCc1ccc(S(C)(=O)=O)c(C)c1)NCc1ccccc1OCC(C)C.I. The number of guanidine groups is 1. The molecule has 0 heterocycles. The minimum absolute atomic E-state index is 0. The van der Waals surface area contributed by atoms with Gasteiger partial charge in [-0.25, -0.2) is 13.4 Å². The van der Waals surface area contributed by atoms with Crippen molar-refractivity contribution in [3.8, 4) is 5.75 Å². The van der Waals surface area contributed by atoms with E-state index in [1.165, 1.54) is 6.26 Å². The van der Waals surface area contributed by atoms with Crippen molar-refractivity contribution in [1.82, 2.24) is 10.6 Å². The Hall–Kier alpha value is -1.81. The Kier molecular flexibility index (Phi) is 11.3. The van der Waals surface area contributed by atoms with Crippen LogP contribution in [-0.4, -0.2) is 33.8 Å². The fraction of sp³-hybridized carbons (Fsp3) is 0.435. The first kappa shape index (κ1) is 27.2. The molecule has 172 valence electrons. The summed E-state index contributed by atoms with van der Waals surface area (Å²) >= 11 is 0. The summed E-state index contributed by atoms with van der Waals surface area (Å²) < 4.78 is 29.5. The van der Waals surface area contributed by atoms with E-state index in [1.54, 1.807) is 13.0 Å². The first-order valence-corrected chi connectivity index (χ1v) is 12.1. The fourth-order valence-corrected chi connectivity index (χ4v) is 3.92.